The van der Waals surface area contributed by atoms with Crippen molar-refractivity contribution in [1.82, 2.24) is 30.0 Å². The minimum Gasteiger partial charge on any atom is -0.336 e. The molecule has 0 bridgehead atoms. The summed E-state index contributed by atoms with van der Waals surface area (Å²) >= 11 is 5.87. The molecule has 1 amide bonds. The van der Waals surface area contributed by atoms with Crippen molar-refractivity contribution in [2.45, 2.75) is 6.54 Å². The molecule has 0 N–H and O–H groups in total. The first kappa shape index (κ1) is 19.4. The average molecular weight is 419 g/mol. The molecule has 0 radical (unpaired) electrons. The van der Waals surface area contributed by atoms with Crippen LogP contribution in [0.2, 0.25) is 5.02 Å². The molecule has 0 aliphatic carbocycles. The molecule has 1 aliphatic heterocycles. The number of tetrazole rings is 1. The van der Waals surface area contributed by atoms with Gasteiger partial charge in [-0.05, 0) is 46.8 Å². The molecule has 4 rings (SSSR count). The van der Waals surface area contributed by atoms with E-state index < -0.39 is 11.6 Å². The molecule has 1 fully saturated rings. The predicted molar refractivity (Wildman–Crippen MR) is 102 cm³/mol. The number of rotatable bonds is 4. The number of nitrogens with zero attached hydrogens (tertiary/aromatic N) is 6. The number of halogens is 3. The maximum Gasteiger partial charge on any atom is 0.253 e. The van der Waals surface area contributed by atoms with Gasteiger partial charge in [-0.1, -0.05) is 11.6 Å². The van der Waals surface area contributed by atoms with E-state index in [0.717, 1.165) is 12.1 Å². The molecular formula is C19H17ClF2N6O. The molecule has 2 aromatic carbocycles. The van der Waals surface area contributed by atoms with Crippen LogP contribution < -0.4 is 0 Å². The second-order valence-electron chi connectivity index (χ2n) is 6.68. The van der Waals surface area contributed by atoms with Crippen LogP contribution in [-0.4, -0.2) is 62.1 Å². The minimum atomic E-state index is -0.960. The molecule has 1 saturated heterocycles. The fourth-order valence-corrected chi connectivity index (χ4v) is 3.33. The Bertz CT molecular complexity index is 1020. The molecular weight excluding hydrogens is 402 g/mol. The standard InChI is InChI=1S/C19H17ClF2N6O/c20-14-3-1-13(2-4-14)19(29)27-9-7-26(8-10-27)12-18-23-24-25-28(18)15-5-6-16(21)17(22)11-15/h1-6,11H,7-10,12H2. The monoisotopic (exact) mass is 418 g/mol. The van der Waals surface area contributed by atoms with E-state index in [1.54, 1.807) is 29.2 Å². The highest BCUT2D eigenvalue weighted by Crippen LogP contribution is 2.16. The molecule has 1 aliphatic rings. The Kier molecular flexibility index (Phi) is 5.50. The summed E-state index contributed by atoms with van der Waals surface area (Å²) in [5, 5.41) is 12.1. The van der Waals surface area contributed by atoms with Crippen LogP contribution in [0.15, 0.2) is 42.5 Å². The van der Waals surface area contributed by atoms with Gasteiger partial charge in [0.25, 0.3) is 5.91 Å². The minimum absolute atomic E-state index is 0.0343. The summed E-state index contributed by atoms with van der Waals surface area (Å²) in [4.78, 5) is 16.5. The van der Waals surface area contributed by atoms with Crippen LogP contribution in [0.3, 0.4) is 0 Å². The van der Waals surface area contributed by atoms with Gasteiger partial charge in [0.2, 0.25) is 0 Å². The van der Waals surface area contributed by atoms with E-state index in [9.17, 15) is 13.6 Å². The lowest BCUT2D eigenvalue weighted by Gasteiger charge is -2.34. The second kappa shape index (κ2) is 8.22. The summed E-state index contributed by atoms with van der Waals surface area (Å²) in [6.45, 7) is 2.84. The van der Waals surface area contributed by atoms with Gasteiger partial charge in [0, 0.05) is 42.8 Å². The molecule has 7 nitrogen and oxygen atoms in total. The van der Waals surface area contributed by atoms with E-state index >= 15 is 0 Å². The third kappa shape index (κ3) is 4.25. The van der Waals surface area contributed by atoms with E-state index in [1.165, 1.54) is 10.7 Å². The lowest BCUT2D eigenvalue weighted by Crippen LogP contribution is -2.48. The Morgan fingerprint density at radius 1 is 1.00 bits per heavy atom. The zero-order valence-corrected chi connectivity index (χ0v) is 16.1. The van der Waals surface area contributed by atoms with Crippen molar-refractivity contribution in [3.63, 3.8) is 0 Å². The van der Waals surface area contributed by atoms with Gasteiger partial charge in [-0.3, -0.25) is 9.69 Å². The van der Waals surface area contributed by atoms with Crippen LogP contribution in [0.25, 0.3) is 5.69 Å². The van der Waals surface area contributed by atoms with Crippen molar-refractivity contribution < 1.29 is 13.6 Å². The molecule has 0 atom stereocenters. The Hall–Kier alpha value is -2.91. The molecule has 0 spiro atoms. The van der Waals surface area contributed by atoms with Crippen LogP contribution in [0.4, 0.5) is 8.78 Å². The maximum atomic E-state index is 13.5. The second-order valence-corrected chi connectivity index (χ2v) is 7.12. The normalized spacial score (nSPS) is 14.9. The number of benzene rings is 2. The highest BCUT2D eigenvalue weighted by atomic mass is 35.5. The summed E-state index contributed by atoms with van der Waals surface area (Å²) in [5.41, 5.74) is 0.950. The summed E-state index contributed by atoms with van der Waals surface area (Å²) < 4.78 is 28.1. The molecule has 2 heterocycles. The topological polar surface area (TPSA) is 67.2 Å². The summed E-state index contributed by atoms with van der Waals surface area (Å²) in [5.74, 6) is -1.41. The number of amides is 1. The van der Waals surface area contributed by atoms with Crippen molar-refractivity contribution in [3.8, 4) is 5.69 Å². The smallest absolute Gasteiger partial charge is 0.253 e. The van der Waals surface area contributed by atoms with Gasteiger partial charge in [-0.2, -0.15) is 4.68 Å². The van der Waals surface area contributed by atoms with Gasteiger partial charge in [-0.15, -0.1) is 5.10 Å². The first-order valence-corrected chi connectivity index (χ1v) is 9.39. The number of hydrogen-bond acceptors (Lipinski definition) is 5. The zero-order valence-electron chi connectivity index (χ0n) is 15.3. The number of piperazine rings is 1. The van der Waals surface area contributed by atoms with Gasteiger partial charge < -0.3 is 4.90 Å². The van der Waals surface area contributed by atoms with Crippen molar-refractivity contribution in [2.24, 2.45) is 0 Å². The molecule has 0 saturated carbocycles. The lowest BCUT2D eigenvalue weighted by molar-refractivity contribution is 0.0624. The van der Waals surface area contributed by atoms with E-state index in [4.69, 9.17) is 11.6 Å². The Morgan fingerprint density at radius 3 is 2.41 bits per heavy atom. The number of aromatic nitrogens is 4. The third-order valence-corrected chi connectivity index (χ3v) is 5.05. The Balaban J connectivity index is 1.39. The van der Waals surface area contributed by atoms with Gasteiger partial charge in [0.1, 0.15) is 0 Å². The van der Waals surface area contributed by atoms with Crippen LogP contribution >= 0.6 is 11.6 Å². The summed E-state index contributed by atoms with van der Waals surface area (Å²) in [6.07, 6.45) is 0. The van der Waals surface area contributed by atoms with Crippen LogP contribution in [0.1, 0.15) is 16.2 Å². The SMILES string of the molecule is O=C(c1ccc(Cl)cc1)N1CCN(Cc2nnnn2-c2ccc(F)c(F)c2)CC1. The molecule has 10 heteroatoms. The number of hydrogen-bond donors (Lipinski definition) is 0. The predicted octanol–water partition coefficient (Wildman–Crippen LogP) is 2.55. The first-order valence-electron chi connectivity index (χ1n) is 9.01. The zero-order chi connectivity index (χ0) is 20.4. The Morgan fingerprint density at radius 2 is 1.72 bits per heavy atom. The number of carbonyl (C=O) groups is 1. The Labute approximate surface area is 170 Å². The van der Waals surface area contributed by atoms with Crippen molar-refractivity contribution in [2.75, 3.05) is 26.2 Å². The summed E-state index contributed by atoms with van der Waals surface area (Å²) in [6, 6.07) is 10.3. The van der Waals surface area contributed by atoms with Gasteiger partial charge in [-0.25, -0.2) is 8.78 Å². The quantitative estimate of drug-likeness (QED) is 0.651. The lowest BCUT2D eigenvalue weighted by atomic mass is 10.2. The van der Waals surface area contributed by atoms with Crippen LogP contribution in [0, 0.1) is 11.6 Å². The van der Waals surface area contributed by atoms with Crippen molar-refractivity contribution in [3.05, 3.63) is 70.5 Å². The summed E-state index contributed by atoms with van der Waals surface area (Å²) in [7, 11) is 0. The third-order valence-electron chi connectivity index (χ3n) is 4.80. The molecule has 0 unspecified atom stereocenters. The van der Waals surface area contributed by atoms with Crippen LogP contribution in [0.5, 0.6) is 0 Å². The van der Waals surface area contributed by atoms with E-state index in [-0.39, 0.29) is 5.91 Å². The molecule has 29 heavy (non-hydrogen) atoms. The largest absolute Gasteiger partial charge is 0.336 e. The average Bonchev–Trinajstić information content (AvgIpc) is 3.19. The molecule has 3 aromatic rings. The highest BCUT2D eigenvalue weighted by Gasteiger charge is 2.23. The molecule has 150 valence electrons. The van der Waals surface area contributed by atoms with Crippen LogP contribution in [-0.2, 0) is 6.54 Å². The van der Waals surface area contributed by atoms with E-state index in [1.807, 2.05) is 0 Å². The first-order chi connectivity index (χ1) is 14.0. The highest BCUT2D eigenvalue weighted by molar-refractivity contribution is 6.30. The maximum absolute atomic E-state index is 13.5. The molecule has 1 aromatic heterocycles. The van der Waals surface area contributed by atoms with E-state index in [0.29, 0.717) is 54.8 Å². The van der Waals surface area contributed by atoms with E-state index in [2.05, 4.69) is 20.4 Å². The van der Waals surface area contributed by atoms with Crippen molar-refractivity contribution in [1.29, 1.82) is 0 Å². The van der Waals surface area contributed by atoms with Gasteiger partial charge >= 0.3 is 0 Å². The van der Waals surface area contributed by atoms with Crippen molar-refractivity contribution >= 4 is 17.5 Å². The fourth-order valence-electron chi connectivity index (χ4n) is 3.21. The fraction of sp³-hybridized carbons (Fsp3) is 0.263. The van der Waals surface area contributed by atoms with Gasteiger partial charge in [0.15, 0.2) is 17.5 Å². The number of carbonyl (C=O) groups excluding carboxylic acids is 1. The van der Waals surface area contributed by atoms with Gasteiger partial charge in [0.05, 0.1) is 12.2 Å².